The topological polar surface area (TPSA) is 67.7 Å². The van der Waals surface area contributed by atoms with Gasteiger partial charge in [-0.3, -0.25) is 9.20 Å². The van der Waals surface area contributed by atoms with E-state index in [1.54, 1.807) is 23.7 Å². The van der Waals surface area contributed by atoms with Crippen molar-refractivity contribution in [3.05, 3.63) is 34.7 Å². The highest BCUT2D eigenvalue weighted by molar-refractivity contribution is 7.17. The van der Waals surface area contributed by atoms with Gasteiger partial charge in [0.2, 0.25) is 0 Å². The smallest absolute Gasteiger partial charge is 0.309 e. The highest BCUT2D eigenvalue weighted by Gasteiger charge is 2.25. The van der Waals surface area contributed by atoms with Crippen molar-refractivity contribution in [3.8, 4) is 11.5 Å². The first kappa shape index (κ1) is 12.6. The molecule has 0 atom stereocenters. The van der Waals surface area contributed by atoms with Crippen LogP contribution < -0.4 is 0 Å². The van der Waals surface area contributed by atoms with Gasteiger partial charge in [0.1, 0.15) is 5.69 Å². The summed E-state index contributed by atoms with van der Waals surface area (Å²) in [6.45, 7) is 0. The molecular formula is C15H14N2O3S. The van der Waals surface area contributed by atoms with Crippen LogP contribution in [0, 0.1) is 0 Å². The number of nitrogens with zero attached hydrogens (tertiary/aromatic N) is 2. The lowest BCUT2D eigenvalue weighted by Gasteiger charge is -2.11. The van der Waals surface area contributed by atoms with E-state index < -0.39 is 5.97 Å². The quantitative estimate of drug-likeness (QED) is 0.807. The first-order valence-corrected chi connectivity index (χ1v) is 7.83. The summed E-state index contributed by atoms with van der Waals surface area (Å²) in [6, 6.07) is 3.62. The molecule has 108 valence electrons. The average Bonchev–Trinajstić information content (AvgIpc) is 3.13. The second-order valence-corrected chi connectivity index (χ2v) is 6.31. The Balaban J connectivity index is 1.98. The number of aromatic nitrogens is 2. The molecule has 0 radical (unpaired) electrons. The van der Waals surface area contributed by atoms with Crippen LogP contribution >= 0.6 is 11.3 Å². The van der Waals surface area contributed by atoms with Crippen molar-refractivity contribution in [3.63, 3.8) is 0 Å². The Morgan fingerprint density at radius 3 is 3.05 bits per heavy atom. The van der Waals surface area contributed by atoms with Crippen LogP contribution in [0.1, 0.15) is 29.1 Å². The molecule has 0 fully saturated rings. The van der Waals surface area contributed by atoms with Gasteiger partial charge >= 0.3 is 5.97 Å². The van der Waals surface area contributed by atoms with Crippen LogP contribution in [-0.4, -0.2) is 20.5 Å². The fourth-order valence-electron chi connectivity index (χ4n) is 3.01. The molecule has 5 nitrogen and oxygen atoms in total. The third-order valence-corrected chi connectivity index (χ3v) is 5.03. The number of furan rings is 1. The maximum absolute atomic E-state index is 11.3. The van der Waals surface area contributed by atoms with E-state index in [1.807, 2.05) is 10.5 Å². The first-order valence-electron chi connectivity index (χ1n) is 7.01. The summed E-state index contributed by atoms with van der Waals surface area (Å²) < 4.78 is 7.47. The highest BCUT2D eigenvalue weighted by atomic mass is 32.1. The van der Waals surface area contributed by atoms with E-state index in [0.717, 1.165) is 29.9 Å². The van der Waals surface area contributed by atoms with Gasteiger partial charge in [-0.1, -0.05) is 0 Å². The molecule has 0 saturated heterocycles. The Morgan fingerprint density at radius 2 is 2.29 bits per heavy atom. The molecule has 3 aromatic heterocycles. The largest absolute Gasteiger partial charge is 0.481 e. The van der Waals surface area contributed by atoms with Crippen LogP contribution in [0.3, 0.4) is 0 Å². The summed E-state index contributed by atoms with van der Waals surface area (Å²) >= 11 is 1.68. The molecule has 0 aromatic carbocycles. The number of hydrogen-bond acceptors (Lipinski definition) is 4. The number of carbonyl (C=O) groups is 1. The molecule has 1 N–H and O–H groups in total. The van der Waals surface area contributed by atoms with Gasteiger partial charge in [0.15, 0.2) is 10.7 Å². The maximum atomic E-state index is 11.3. The van der Waals surface area contributed by atoms with Gasteiger partial charge in [0.05, 0.1) is 18.4 Å². The van der Waals surface area contributed by atoms with Gasteiger partial charge in [0, 0.05) is 10.6 Å². The van der Waals surface area contributed by atoms with E-state index in [1.165, 1.54) is 17.0 Å². The van der Waals surface area contributed by atoms with Gasteiger partial charge in [-0.15, -0.1) is 11.3 Å². The van der Waals surface area contributed by atoms with Crippen molar-refractivity contribution in [1.82, 2.24) is 9.38 Å². The van der Waals surface area contributed by atoms with Crippen LogP contribution in [0.15, 0.2) is 22.8 Å². The molecule has 0 bridgehead atoms. The van der Waals surface area contributed by atoms with Crippen molar-refractivity contribution in [2.75, 3.05) is 0 Å². The SMILES string of the molecule is O=C(O)Cc1c(-c2ccco2)nc2sc3c(n12)CCCC3. The summed E-state index contributed by atoms with van der Waals surface area (Å²) in [5.74, 6) is -0.216. The molecule has 0 saturated carbocycles. The van der Waals surface area contributed by atoms with Crippen molar-refractivity contribution >= 4 is 22.3 Å². The minimum Gasteiger partial charge on any atom is -0.481 e. The molecule has 4 rings (SSSR count). The summed E-state index contributed by atoms with van der Waals surface area (Å²) in [5.41, 5.74) is 2.62. The van der Waals surface area contributed by atoms with Crippen molar-refractivity contribution < 1.29 is 14.3 Å². The molecule has 3 heterocycles. The van der Waals surface area contributed by atoms with Crippen LogP contribution in [0.25, 0.3) is 16.4 Å². The number of rotatable bonds is 3. The number of thiazole rings is 1. The number of aryl methyl sites for hydroxylation is 2. The van der Waals surface area contributed by atoms with Crippen LogP contribution in [0.5, 0.6) is 0 Å². The Labute approximate surface area is 124 Å². The van der Waals surface area contributed by atoms with Crippen LogP contribution in [0.4, 0.5) is 0 Å². The second kappa shape index (κ2) is 4.73. The lowest BCUT2D eigenvalue weighted by molar-refractivity contribution is -0.136. The van der Waals surface area contributed by atoms with Gasteiger partial charge in [0.25, 0.3) is 0 Å². The lowest BCUT2D eigenvalue weighted by Crippen LogP contribution is -2.09. The summed E-state index contributed by atoms with van der Waals surface area (Å²) in [4.78, 5) is 18.1. The number of imidazole rings is 1. The lowest BCUT2D eigenvalue weighted by atomic mass is 10.0. The third-order valence-electron chi connectivity index (χ3n) is 3.89. The average molecular weight is 302 g/mol. The minimum absolute atomic E-state index is 0.0413. The molecule has 21 heavy (non-hydrogen) atoms. The molecule has 1 aliphatic rings. The first-order chi connectivity index (χ1) is 10.2. The van der Waals surface area contributed by atoms with E-state index in [-0.39, 0.29) is 6.42 Å². The van der Waals surface area contributed by atoms with E-state index in [9.17, 15) is 9.90 Å². The third kappa shape index (κ3) is 1.98. The highest BCUT2D eigenvalue weighted by Crippen LogP contribution is 2.35. The summed E-state index contributed by atoms with van der Waals surface area (Å²) in [6.07, 6.45) is 5.97. The van der Waals surface area contributed by atoms with Crippen LogP contribution in [-0.2, 0) is 24.1 Å². The fourth-order valence-corrected chi connectivity index (χ4v) is 4.24. The van der Waals surface area contributed by atoms with E-state index in [4.69, 9.17) is 4.42 Å². The summed E-state index contributed by atoms with van der Waals surface area (Å²) in [5, 5.41) is 9.24. The Morgan fingerprint density at radius 1 is 1.43 bits per heavy atom. The second-order valence-electron chi connectivity index (χ2n) is 5.25. The molecule has 6 heteroatoms. The van der Waals surface area contributed by atoms with E-state index in [0.29, 0.717) is 11.5 Å². The Bertz CT molecular complexity index is 814. The van der Waals surface area contributed by atoms with E-state index in [2.05, 4.69) is 4.98 Å². The standard InChI is InChI=1S/C15H14N2O3S/c18-13(19)8-10-14(11-5-3-7-20-11)16-15-17(10)9-4-1-2-6-12(9)21-15/h3,5,7H,1-2,4,6,8H2,(H,18,19). The molecular weight excluding hydrogens is 288 g/mol. The van der Waals surface area contributed by atoms with Crippen LogP contribution in [0.2, 0.25) is 0 Å². The Kier molecular flexibility index (Phi) is 2.85. The normalized spacial score (nSPS) is 14.5. The molecule has 0 spiro atoms. The number of aliphatic carboxylic acids is 1. The van der Waals surface area contributed by atoms with E-state index >= 15 is 0 Å². The molecule has 0 aliphatic heterocycles. The van der Waals surface area contributed by atoms with Crippen molar-refractivity contribution in [2.24, 2.45) is 0 Å². The monoisotopic (exact) mass is 302 g/mol. The van der Waals surface area contributed by atoms with Crippen molar-refractivity contribution in [2.45, 2.75) is 32.1 Å². The number of carboxylic acid groups (broad SMARTS) is 1. The van der Waals surface area contributed by atoms with Crippen molar-refractivity contribution in [1.29, 1.82) is 0 Å². The maximum Gasteiger partial charge on any atom is 0.309 e. The van der Waals surface area contributed by atoms with Gasteiger partial charge < -0.3 is 9.52 Å². The zero-order valence-corrected chi connectivity index (χ0v) is 12.2. The number of carboxylic acids is 1. The zero-order valence-electron chi connectivity index (χ0n) is 11.3. The van der Waals surface area contributed by atoms with Gasteiger partial charge in [-0.05, 0) is 37.8 Å². The Hall–Kier alpha value is -2.08. The predicted octanol–water partition coefficient (Wildman–Crippen LogP) is 3.16. The minimum atomic E-state index is -0.847. The number of hydrogen-bond donors (Lipinski definition) is 1. The molecule has 0 amide bonds. The van der Waals surface area contributed by atoms with Gasteiger partial charge in [-0.25, -0.2) is 4.98 Å². The molecule has 0 unspecified atom stereocenters. The summed E-state index contributed by atoms with van der Waals surface area (Å²) in [7, 11) is 0. The molecule has 3 aromatic rings. The van der Waals surface area contributed by atoms with Gasteiger partial charge in [-0.2, -0.15) is 0 Å². The zero-order chi connectivity index (χ0) is 14.4. The molecule has 1 aliphatic carbocycles. The number of fused-ring (bicyclic) bond motifs is 3. The predicted molar refractivity (Wildman–Crippen MR) is 78.8 cm³/mol. The fraction of sp³-hybridized carbons (Fsp3) is 0.333.